The van der Waals surface area contributed by atoms with E-state index >= 15 is 0 Å². The SMILES string of the molecule is CCOP(=O)(OCC)[C@@H](OCc1ccccc1)[C@H](O)c1cccc(Cl)c1. The maximum absolute atomic E-state index is 13.3. The van der Waals surface area contributed by atoms with Gasteiger partial charge in [0.25, 0.3) is 0 Å². The maximum atomic E-state index is 13.3. The van der Waals surface area contributed by atoms with Crippen molar-refractivity contribution in [3.05, 3.63) is 70.7 Å². The van der Waals surface area contributed by atoms with Gasteiger partial charge in [0.2, 0.25) is 0 Å². The first-order chi connectivity index (χ1) is 12.5. The Hall–Kier alpha value is -1.20. The minimum Gasteiger partial charge on any atom is -0.385 e. The van der Waals surface area contributed by atoms with Gasteiger partial charge < -0.3 is 18.9 Å². The molecule has 7 heteroatoms. The molecule has 2 aromatic rings. The monoisotopic (exact) mass is 398 g/mol. The average molecular weight is 399 g/mol. The second kappa shape index (κ2) is 10.2. The van der Waals surface area contributed by atoms with Gasteiger partial charge >= 0.3 is 7.60 Å². The Balaban J connectivity index is 2.31. The van der Waals surface area contributed by atoms with Crippen molar-refractivity contribution in [3.63, 3.8) is 0 Å². The molecule has 26 heavy (non-hydrogen) atoms. The molecule has 0 aliphatic carbocycles. The molecule has 0 amide bonds. The van der Waals surface area contributed by atoms with Crippen LogP contribution >= 0.6 is 19.2 Å². The second-order valence-corrected chi connectivity index (χ2v) is 8.10. The van der Waals surface area contributed by atoms with Gasteiger partial charge in [0, 0.05) is 5.02 Å². The van der Waals surface area contributed by atoms with E-state index in [1.165, 1.54) is 0 Å². The lowest BCUT2D eigenvalue weighted by Gasteiger charge is -2.30. The molecule has 0 bridgehead atoms. The fourth-order valence-electron chi connectivity index (χ4n) is 2.51. The van der Waals surface area contributed by atoms with Crippen molar-refractivity contribution >= 4 is 19.2 Å². The van der Waals surface area contributed by atoms with Crippen molar-refractivity contribution in [2.24, 2.45) is 0 Å². The van der Waals surface area contributed by atoms with Crippen molar-refractivity contribution in [2.75, 3.05) is 13.2 Å². The molecule has 0 aliphatic heterocycles. The van der Waals surface area contributed by atoms with Crippen LogP contribution < -0.4 is 0 Å². The predicted octanol–water partition coefficient (Wildman–Crippen LogP) is 5.18. The van der Waals surface area contributed by atoms with Gasteiger partial charge in [-0.05, 0) is 37.1 Å². The third kappa shape index (κ3) is 5.65. The Morgan fingerprint density at radius 2 is 1.69 bits per heavy atom. The lowest BCUT2D eigenvalue weighted by atomic mass is 10.1. The molecule has 1 N–H and O–H groups in total. The Morgan fingerprint density at radius 3 is 2.27 bits per heavy atom. The fourth-order valence-corrected chi connectivity index (χ4v) is 4.57. The largest absolute Gasteiger partial charge is 0.385 e. The van der Waals surface area contributed by atoms with Crippen LogP contribution in [0, 0.1) is 0 Å². The van der Waals surface area contributed by atoms with Gasteiger partial charge in [-0.3, -0.25) is 4.57 Å². The van der Waals surface area contributed by atoms with E-state index in [4.69, 9.17) is 25.4 Å². The van der Waals surface area contributed by atoms with Crippen molar-refractivity contribution in [2.45, 2.75) is 32.4 Å². The lowest BCUT2D eigenvalue weighted by molar-refractivity contribution is -0.0204. The quantitative estimate of drug-likeness (QED) is 0.558. The molecule has 0 saturated heterocycles. The molecule has 0 fully saturated rings. The van der Waals surface area contributed by atoms with Crippen LogP contribution in [0.4, 0.5) is 0 Å². The number of ether oxygens (including phenoxy) is 1. The molecular formula is C19H24ClO5P. The highest BCUT2D eigenvalue weighted by Crippen LogP contribution is 2.57. The average Bonchev–Trinajstić information content (AvgIpc) is 2.63. The first-order valence-corrected chi connectivity index (χ1v) is 10.5. The summed E-state index contributed by atoms with van der Waals surface area (Å²) in [6, 6.07) is 16.1. The molecule has 142 valence electrons. The molecular weight excluding hydrogens is 375 g/mol. The number of aliphatic hydroxyl groups is 1. The number of benzene rings is 2. The molecule has 0 saturated carbocycles. The zero-order chi connectivity index (χ0) is 19.0. The molecule has 2 atom stereocenters. The van der Waals surface area contributed by atoms with Crippen molar-refractivity contribution < 1.29 is 23.5 Å². The van der Waals surface area contributed by atoms with E-state index < -0.39 is 19.5 Å². The van der Waals surface area contributed by atoms with Crippen molar-refractivity contribution in [1.29, 1.82) is 0 Å². The van der Waals surface area contributed by atoms with Gasteiger partial charge in [0.1, 0.15) is 6.10 Å². The fraction of sp³-hybridized carbons (Fsp3) is 0.368. The summed E-state index contributed by atoms with van der Waals surface area (Å²) in [6.45, 7) is 3.93. The molecule has 0 spiro atoms. The van der Waals surface area contributed by atoms with E-state index in [1.807, 2.05) is 30.3 Å². The van der Waals surface area contributed by atoms with Crippen LogP contribution in [0.3, 0.4) is 0 Å². The number of aliphatic hydroxyl groups excluding tert-OH is 1. The minimum absolute atomic E-state index is 0.160. The number of hydrogen-bond donors (Lipinski definition) is 1. The maximum Gasteiger partial charge on any atom is 0.362 e. The highest BCUT2D eigenvalue weighted by molar-refractivity contribution is 7.54. The molecule has 0 aromatic heterocycles. The summed E-state index contributed by atoms with van der Waals surface area (Å²) in [6.07, 6.45) is -1.22. The zero-order valence-electron chi connectivity index (χ0n) is 14.9. The smallest absolute Gasteiger partial charge is 0.362 e. The summed E-state index contributed by atoms with van der Waals surface area (Å²) in [5.74, 6) is -1.18. The number of hydrogen-bond acceptors (Lipinski definition) is 5. The van der Waals surface area contributed by atoms with E-state index in [9.17, 15) is 9.67 Å². The second-order valence-electron chi connectivity index (χ2n) is 5.56. The Labute approximate surface area is 159 Å². The lowest BCUT2D eigenvalue weighted by Crippen LogP contribution is -2.25. The van der Waals surface area contributed by atoms with Gasteiger partial charge in [-0.2, -0.15) is 0 Å². The van der Waals surface area contributed by atoms with E-state index in [0.29, 0.717) is 10.6 Å². The predicted molar refractivity (Wildman–Crippen MR) is 102 cm³/mol. The van der Waals surface area contributed by atoms with E-state index in [0.717, 1.165) is 5.56 Å². The third-order valence-electron chi connectivity index (χ3n) is 3.65. The standard InChI is InChI=1S/C19H24ClO5P/c1-3-24-26(22,25-4-2)19(23-14-15-9-6-5-7-10-15)18(21)16-11-8-12-17(20)13-16/h5-13,18-19,21H,3-4,14H2,1-2H3/t18-,19-/m1/s1. The summed E-state index contributed by atoms with van der Waals surface area (Å²) in [5, 5.41) is 11.3. The van der Waals surface area contributed by atoms with Crippen molar-refractivity contribution in [3.8, 4) is 0 Å². The topological polar surface area (TPSA) is 65.0 Å². The highest BCUT2D eigenvalue weighted by atomic mass is 35.5. The van der Waals surface area contributed by atoms with Crippen LogP contribution in [0.5, 0.6) is 0 Å². The highest BCUT2D eigenvalue weighted by Gasteiger charge is 2.42. The molecule has 0 aliphatic rings. The molecule has 0 unspecified atom stereocenters. The number of halogens is 1. The normalized spacial score (nSPS) is 14.2. The summed E-state index contributed by atoms with van der Waals surface area (Å²) < 4.78 is 29.9. The molecule has 0 radical (unpaired) electrons. The van der Waals surface area contributed by atoms with Gasteiger partial charge in [-0.25, -0.2) is 0 Å². The molecule has 2 aromatic carbocycles. The van der Waals surface area contributed by atoms with Crippen LogP contribution in [-0.4, -0.2) is 24.2 Å². The van der Waals surface area contributed by atoms with Crippen LogP contribution in [-0.2, 0) is 25.0 Å². The number of rotatable bonds is 10. The first-order valence-electron chi connectivity index (χ1n) is 8.48. The molecule has 5 nitrogen and oxygen atoms in total. The minimum atomic E-state index is -3.72. The van der Waals surface area contributed by atoms with E-state index in [-0.39, 0.29) is 19.8 Å². The van der Waals surface area contributed by atoms with E-state index in [2.05, 4.69) is 0 Å². The van der Waals surface area contributed by atoms with Crippen LogP contribution in [0.1, 0.15) is 31.1 Å². The van der Waals surface area contributed by atoms with Gasteiger partial charge in [-0.1, -0.05) is 54.1 Å². The van der Waals surface area contributed by atoms with Gasteiger partial charge in [0.05, 0.1) is 19.8 Å². The summed E-state index contributed by atoms with van der Waals surface area (Å²) in [7, 11) is -3.72. The molecule has 2 rings (SSSR count). The summed E-state index contributed by atoms with van der Waals surface area (Å²) in [5.41, 5.74) is 1.37. The molecule has 0 heterocycles. The van der Waals surface area contributed by atoms with Gasteiger partial charge in [0.15, 0.2) is 5.85 Å². The Bertz CT molecular complexity index is 715. The third-order valence-corrected chi connectivity index (χ3v) is 6.18. The van der Waals surface area contributed by atoms with E-state index in [1.54, 1.807) is 38.1 Å². The summed E-state index contributed by atoms with van der Waals surface area (Å²) in [4.78, 5) is 0. The Morgan fingerprint density at radius 1 is 1.04 bits per heavy atom. The van der Waals surface area contributed by atoms with Crippen molar-refractivity contribution in [1.82, 2.24) is 0 Å². The summed E-state index contributed by atoms with van der Waals surface area (Å²) >= 11 is 6.02. The Kier molecular flexibility index (Phi) is 8.29. The first kappa shape index (κ1) is 21.1. The van der Waals surface area contributed by atoms with Crippen LogP contribution in [0.15, 0.2) is 54.6 Å². The van der Waals surface area contributed by atoms with Crippen LogP contribution in [0.25, 0.3) is 0 Å². The zero-order valence-corrected chi connectivity index (χ0v) is 16.5. The van der Waals surface area contributed by atoms with Gasteiger partial charge in [-0.15, -0.1) is 0 Å². The van der Waals surface area contributed by atoms with Crippen LogP contribution in [0.2, 0.25) is 5.02 Å².